The van der Waals surface area contributed by atoms with E-state index in [-0.39, 0.29) is 5.91 Å². The maximum atomic E-state index is 12.1. The highest BCUT2D eigenvalue weighted by atomic mass is 16.6. The molecule has 0 saturated carbocycles. The Morgan fingerprint density at radius 3 is 2.95 bits per heavy atom. The van der Waals surface area contributed by atoms with Gasteiger partial charge < -0.3 is 20.1 Å². The van der Waals surface area contributed by atoms with Crippen molar-refractivity contribution in [1.29, 1.82) is 0 Å². The van der Waals surface area contributed by atoms with Gasteiger partial charge in [-0.25, -0.2) is 0 Å². The Balaban J connectivity index is 1.92. The van der Waals surface area contributed by atoms with Gasteiger partial charge in [0.25, 0.3) is 5.91 Å². The van der Waals surface area contributed by atoms with E-state index in [1.165, 1.54) is 0 Å². The van der Waals surface area contributed by atoms with E-state index in [1.54, 1.807) is 12.1 Å². The zero-order chi connectivity index (χ0) is 13.5. The van der Waals surface area contributed by atoms with Crippen molar-refractivity contribution in [3.8, 4) is 11.5 Å². The molecule has 0 unspecified atom stereocenters. The van der Waals surface area contributed by atoms with Gasteiger partial charge in [-0.1, -0.05) is 13.0 Å². The van der Waals surface area contributed by atoms with Gasteiger partial charge in [0, 0.05) is 6.54 Å². The van der Waals surface area contributed by atoms with E-state index in [9.17, 15) is 4.79 Å². The summed E-state index contributed by atoms with van der Waals surface area (Å²) in [4.78, 5) is 12.1. The summed E-state index contributed by atoms with van der Waals surface area (Å²) in [6.45, 7) is 5.58. The highest BCUT2D eigenvalue weighted by molar-refractivity contribution is 5.97. The lowest BCUT2D eigenvalue weighted by molar-refractivity contribution is 0.0942. The molecule has 104 valence electrons. The third-order valence-electron chi connectivity index (χ3n) is 2.88. The summed E-state index contributed by atoms with van der Waals surface area (Å²) in [6.07, 6.45) is 0.909. The first-order valence-corrected chi connectivity index (χ1v) is 6.70. The van der Waals surface area contributed by atoms with Crippen LogP contribution in [0.15, 0.2) is 18.2 Å². The second-order valence-electron chi connectivity index (χ2n) is 4.29. The third-order valence-corrected chi connectivity index (χ3v) is 2.88. The Hall–Kier alpha value is -1.75. The number of hydrogen-bond acceptors (Lipinski definition) is 4. The highest BCUT2D eigenvalue weighted by Crippen LogP contribution is 2.33. The van der Waals surface area contributed by atoms with Crippen LogP contribution in [0.25, 0.3) is 0 Å². The molecule has 1 aliphatic rings. The van der Waals surface area contributed by atoms with E-state index >= 15 is 0 Å². The van der Waals surface area contributed by atoms with Crippen molar-refractivity contribution in [3.05, 3.63) is 23.8 Å². The Bertz CT molecular complexity index is 435. The second-order valence-corrected chi connectivity index (χ2v) is 4.29. The van der Waals surface area contributed by atoms with E-state index < -0.39 is 0 Å². The first-order valence-electron chi connectivity index (χ1n) is 6.70. The van der Waals surface area contributed by atoms with Gasteiger partial charge in [0.2, 0.25) is 0 Å². The van der Waals surface area contributed by atoms with E-state index in [2.05, 4.69) is 17.6 Å². The number of hydrogen-bond donors (Lipinski definition) is 2. The number of benzene rings is 1. The van der Waals surface area contributed by atoms with Gasteiger partial charge in [-0.05, 0) is 31.6 Å². The maximum absolute atomic E-state index is 12.1. The monoisotopic (exact) mass is 264 g/mol. The summed E-state index contributed by atoms with van der Waals surface area (Å²) in [7, 11) is 0. The number of ether oxygens (including phenoxy) is 2. The first-order chi connectivity index (χ1) is 9.33. The summed E-state index contributed by atoms with van der Waals surface area (Å²) in [5.74, 6) is 1.09. The van der Waals surface area contributed by atoms with Gasteiger partial charge in [-0.2, -0.15) is 0 Å². The summed E-state index contributed by atoms with van der Waals surface area (Å²) in [6, 6.07) is 5.38. The summed E-state index contributed by atoms with van der Waals surface area (Å²) in [5.41, 5.74) is 0.542. The lowest BCUT2D eigenvalue weighted by Gasteiger charge is -2.20. The molecule has 1 aromatic rings. The normalized spacial score (nSPS) is 13.1. The Morgan fingerprint density at radius 2 is 2.11 bits per heavy atom. The van der Waals surface area contributed by atoms with Crippen LogP contribution in [0.1, 0.15) is 23.7 Å². The number of carbonyl (C=O) groups excluding carboxylic acids is 1. The molecule has 5 heteroatoms. The van der Waals surface area contributed by atoms with Crippen LogP contribution in [0.2, 0.25) is 0 Å². The van der Waals surface area contributed by atoms with Crippen molar-refractivity contribution in [3.63, 3.8) is 0 Å². The Kier molecular flexibility index (Phi) is 5.03. The molecule has 0 saturated heterocycles. The molecule has 2 rings (SSSR count). The fourth-order valence-corrected chi connectivity index (χ4v) is 1.94. The Labute approximate surface area is 113 Å². The molecule has 0 radical (unpaired) electrons. The predicted molar refractivity (Wildman–Crippen MR) is 72.9 cm³/mol. The minimum absolute atomic E-state index is 0.112. The van der Waals surface area contributed by atoms with E-state index in [0.717, 1.165) is 19.5 Å². The molecule has 2 N–H and O–H groups in total. The van der Waals surface area contributed by atoms with Gasteiger partial charge in [0.05, 0.1) is 5.56 Å². The van der Waals surface area contributed by atoms with Crippen LogP contribution < -0.4 is 20.1 Å². The van der Waals surface area contributed by atoms with Crippen LogP contribution in [0, 0.1) is 0 Å². The number of fused-ring (bicyclic) bond motifs is 1. The van der Waals surface area contributed by atoms with E-state index in [1.807, 2.05) is 6.07 Å². The van der Waals surface area contributed by atoms with Gasteiger partial charge in [0.15, 0.2) is 11.5 Å². The molecule has 1 amide bonds. The summed E-state index contributed by atoms with van der Waals surface area (Å²) >= 11 is 0. The number of rotatable bonds is 6. The lowest BCUT2D eigenvalue weighted by atomic mass is 10.1. The van der Waals surface area contributed by atoms with Gasteiger partial charge in [-0.15, -0.1) is 0 Å². The minimum atomic E-state index is -0.112. The second kappa shape index (κ2) is 6.99. The van der Waals surface area contributed by atoms with E-state index in [0.29, 0.717) is 36.8 Å². The Morgan fingerprint density at radius 1 is 1.26 bits per heavy atom. The van der Waals surface area contributed by atoms with Crippen LogP contribution in [-0.2, 0) is 0 Å². The molecule has 0 spiro atoms. The molecule has 5 nitrogen and oxygen atoms in total. The fraction of sp³-hybridized carbons (Fsp3) is 0.500. The van der Waals surface area contributed by atoms with Crippen molar-refractivity contribution in [2.45, 2.75) is 13.3 Å². The van der Waals surface area contributed by atoms with Crippen LogP contribution >= 0.6 is 0 Å². The van der Waals surface area contributed by atoms with Crippen LogP contribution in [0.4, 0.5) is 0 Å². The third kappa shape index (κ3) is 3.61. The molecule has 0 atom stereocenters. The molecule has 0 aromatic heterocycles. The zero-order valence-electron chi connectivity index (χ0n) is 11.2. The summed E-state index contributed by atoms with van der Waals surface area (Å²) < 4.78 is 11.0. The molecule has 0 bridgehead atoms. The predicted octanol–water partition coefficient (Wildman–Crippen LogP) is 1.19. The van der Waals surface area contributed by atoms with Crippen LogP contribution in [0.3, 0.4) is 0 Å². The molecule has 1 aromatic carbocycles. The maximum Gasteiger partial charge on any atom is 0.255 e. The van der Waals surface area contributed by atoms with Crippen molar-refractivity contribution < 1.29 is 14.3 Å². The largest absolute Gasteiger partial charge is 0.486 e. The van der Waals surface area contributed by atoms with Gasteiger partial charge in [-0.3, -0.25) is 4.79 Å². The SMILES string of the molecule is CCNCCCNC(=O)c1cccc2c1OCCO2. The number of carbonyl (C=O) groups is 1. The van der Waals surface area contributed by atoms with Gasteiger partial charge in [0.1, 0.15) is 13.2 Å². The van der Waals surface area contributed by atoms with Crippen LogP contribution in [0.5, 0.6) is 11.5 Å². The number of nitrogens with one attached hydrogen (secondary N) is 2. The van der Waals surface area contributed by atoms with Crippen molar-refractivity contribution >= 4 is 5.91 Å². The molecule has 1 heterocycles. The van der Waals surface area contributed by atoms with E-state index in [4.69, 9.17) is 9.47 Å². The molecular formula is C14H20N2O3. The molecule has 0 fully saturated rings. The average molecular weight is 264 g/mol. The quantitative estimate of drug-likeness (QED) is 0.758. The minimum Gasteiger partial charge on any atom is -0.486 e. The molecular weight excluding hydrogens is 244 g/mol. The van der Waals surface area contributed by atoms with Crippen molar-refractivity contribution in [2.75, 3.05) is 32.8 Å². The molecule has 0 aliphatic carbocycles. The van der Waals surface area contributed by atoms with Crippen molar-refractivity contribution in [2.24, 2.45) is 0 Å². The van der Waals surface area contributed by atoms with Crippen molar-refractivity contribution in [1.82, 2.24) is 10.6 Å². The lowest BCUT2D eigenvalue weighted by Crippen LogP contribution is -2.28. The number of amides is 1. The number of para-hydroxylation sites is 1. The van der Waals surface area contributed by atoms with Gasteiger partial charge >= 0.3 is 0 Å². The standard InChI is InChI=1S/C14H20N2O3/c1-2-15-7-4-8-16-14(17)11-5-3-6-12-13(11)19-10-9-18-12/h3,5-6,15H,2,4,7-10H2,1H3,(H,16,17). The molecule has 19 heavy (non-hydrogen) atoms. The zero-order valence-corrected chi connectivity index (χ0v) is 11.2. The first kappa shape index (κ1) is 13.7. The summed E-state index contributed by atoms with van der Waals surface area (Å²) in [5, 5.41) is 6.11. The highest BCUT2D eigenvalue weighted by Gasteiger charge is 2.19. The molecule has 1 aliphatic heterocycles. The van der Waals surface area contributed by atoms with Crippen LogP contribution in [-0.4, -0.2) is 38.8 Å². The average Bonchev–Trinajstić information content (AvgIpc) is 2.46. The smallest absolute Gasteiger partial charge is 0.255 e. The topological polar surface area (TPSA) is 59.6 Å². The fourth-order valence-electron chi connectivity index (χ4n) is 1.94.